The van der Waals surface area contributed by atoms with Gasteiger partial charge in [-0.2, -0.15) is 0 Å². The minimum atomic E-state index is -0.823. The van der Waals surface area contributed by atoms with Gasteiger partial charge in [0.15, 0.2) is 0 Å². The molecule has 5 heteroatoms. The highest BCUT2D eigenvalue weighted by molar-refractivity contribution is 8.00. The molecular formula is C12H17NO2S2. The number of carbonyl (C=O) groups is 1. The standard InChI is InChI=1S/C12H17NO2S2/c1-2-3-4-5-6-7-16-12-13-10(9-17-12)8-11(14)15/h2,9H,1,3-8H2,(H,14,15). The molecule has 1 aromatic rings. The van der Waals surface area contributed by atoms with Crippen LogP contribution in [0.5, 0.6) is 0 Å². The van der Waals surface area contributed by atoms with E-state index in [-0.39, 0.29) is 6.42 Å². The summed E-state index contributed by atoms with van der Waals surface area (Å²) in [5.41, 5.74) is 0.664. The molecule has 0 saturated heterocycles. The monoisotopic (exact) mass is 271 g/mol. The number of aromatic nitrogens is 1. The molecule has 0 aromatic carbocycles. The van der Waals surface area contributed by atoms with Gasteiger partial charge in [-0.15, -0.1) is 17.9 Å². The van der Waals surface area contributed by atoms with Crippen molar-refractivity contribution >= 4 is 29.1 Å². The van der Waals surface area contributed by atoms with E-state index in [1.54, 1.807) is 11.8 Å². The highest BCUT2D eigenvalue weighted by Gasteiger charge is 2.06. The third kappa shape index (κ3) is 6.48. The second-order valence-electron chi connectivity index (χ2n) is 3.66. The summed E-state index contributed by atoms with van der Waals surface area (Å²) in [7, 11) is 0. The number of carboxylic acids is 1. The predicted octanol–water partition coefficient (Wildman–Crippen LogP) is 3.61. The highest BCUT2D eigenvalue weighted by atomic mass is 32.2. The van der Waals surface area contributed by atoms with Gasteiger partial charge in [0, 0.05) is 11.1 Å². The first-order valence-electron chi connectivity index (χ1n) is 5.62. The van der Waals surface area contributed by atoms with E-state index in [9.17, 15) is 4.79 Å². The molecule has 94 valence electrons. The average Bonchev–Trinajstić information content (AvgIpc) is 2.70. The second kappa shape index (κ2) is 8.31. The lowest BCUT2D eigenvalue weighted by molar-refractivity contribution is -0.136. The van der Waals surface area contributed by atoms with Crippen molar-refractivity contribution in [2.45, 2.75) is 36.4 Å². The van der Waals surface area contributed by atoms with Crippen LogP contribution in [0.3, 0.4) is 0 Å². The summed E-state index contributed by atoms with van der Waals surface area (Å²) in [6.45, 7) is 3.69. The number of thiazole rings is 1. The number of thioether (sulfide) groups is 1. The van der Waals surface area contributed by atoms with Crippen LogP contribution < -0.4 is 0 Å². The lowest BCUT2D eigenvalue weighted by atomic mass is 10.2. The van der Waals surface area contributed by atoms with Gasteiger partial charge in [-0.3, -0.25) is 4.79 Å². The van der Waals surface area contributed by atoms with Gasteiger partial charge in [0.05, 0.1) is 12.1 Å². The predicted molar refractivity (Wildman–Crippen MR) is 72.8 cm³/mol. The molecule has 0 atom stereocenters. The van der Waals surface area contributed by atoms with E-state index in [0.29, 0.717) is 5.69 Å². The molecule has 1 N–H and O–H groups in total. The summed E-state index contributed by atoms with van der Waals surface area (Å²) in [5.74, 6) is 0.230. The number of nitrogens with zero attached hydrogens (tertiary/aromatic N) is 1. The molecule has 0 aliphatic carbocycles. The Labute approximate surface area is 110 Å². The smallest absolute Gasteiger partial charge is 0.309 e. The molecule has 3 nitrogen and oxygen atoms in total. The Morgan fingerprint density at radius 2 is 2.35 bits per heavy atom. The maximum absolute atomic E-state index is 10.5. The largest absolute Gasteiger partial charge is 0.481 e. The summed E-state index contributed by atoms with van der Waals surface area (Å²) in [6.07, 6.45) is 6.65. The topological polar surface area (TPSA) is 50.2 Å². The highest BCUT2D eigenvalue weighted by Crippen LogP contribution is 2.24. The van der Waals surface area contributed by atoms with Gasteiger partial charge in [-0.1, -0.05) is 24.3 Å². The van der Waals surface area contributed by atoms with Crippen LogP contribution >= 0.6 is 23.1 Å². The molecule has 1 rings (SSSR count). The number of allylic oxidation sites excluding steroid dienone is 1. The minimum absolute atomic E-state index is 0.0242. The summed E-state index contributed by atoms with van der Waals surface area (Å²) in [6, 6.07) is 0. The normalized spacial score (nSPS) is 10.4. The van der Waals surface area contributed by atoms with Gasteiger partial charge < -0.3 is 5.11 Å². The van der Waals surface area contributed by atoms with Crippen molar-refractivity contribution in [1.82, 2.24) is 4.98 Å². The van der Waals surface area contributed by atoms with E-state index in [1.165, 1.54) is 30.6 Å². The molecule has 0 radical (unpaired) electrons. The maximum atomic E-state index is 10.5. The van der Waals surface area contributed by atoms with Crippen LogP contribution in [-0.4, -0.2) is 21.8 Å². The molecule has 0 aliphatic rings. The van der Waals surface area contributed by atoms with Crippen molar-refractivity contribution < 1.29 is 9.90 Å². The fourth-order valence-electron chi connectivity index (χ4n) is 1.32. The van der Waals surface area contributed by atoms with Gasteiger partial charge in [0.2, 0.25) is 0 Å². The van der Waals surface area contributed by atoms with Crippen LogP contribution in [0, 0.1) is 0 Å². The molecule has 0 amide bonds. The van der Waals surface area contributed by atoms with Crippen LogP contribution in [0.4, 0.5) is 0 Å². The van der Waals surface area contributed by atoms with Crippen molar-refractivity contribution in [3.05, 3.63) is 23.7 Å². The molecule has 1 heterocycles. The summed E-state index contributed by atoms with van der Waals surface area (Å²) >= 11 is 3.25. The molecule has 1 aromatic heterocycles. The van der Waals surface area contributed by atoms with Crippen LogP contribution in [-0.2, 0) is 11.2 Å². The van der Waals surface area contributed by atoms with Crippen LogP contribution in [0.25, 0.3) is 0 Å². The van der Waals surface area contributed by atoms with E-state index in [4.69, 9.17) is 5.11 Å². The Balaban J connectivity index is 2.16. The lowest BCUT2D eigenvalue weighted by Gasteiger charge is -1.97. The Kier molecular flexibility index (Phi) is 6.96. The summed E-state index contributed by atoms with van der Waals surface area (Å²) < 4.78 is 0.977. The van der Waals surface area contributed by atoms with Crippen molar-refractivity contribution in [1.29, 1.82) is 0 Å². The first-order valence-corrected chi connectivity index (χ1v) is 7.49. The number of hydrogen-bond donors (Lipinski definition) is 1. The van der Waals surface area contributed by atoms with E-state index in [0.717, 1.165) is 16.5 Å². The molecule has 0 saturated carbocycles. The Morgan fingerprint density at radius 3 is 3.06 bits per heavy atom. The Bertz CT molecular complexity index is 363. The zero-order chi connectivity index (χ0) is 12.5. The zero-order valence-electron chi connectivity index (χ0n) is 9.72. The van der Waals surface area contributed by atoms with Gasteiger partial charge in [0.1, 0.15) is 4.34 Å². The first kappa shape index (κ1) is 14.3. The second-order valence-corrected chi connectivity index (χ2v) is 5.86. The summed E-state index contributed by atoms with van der Waals surface area (Å²) in [5, 5.41) is 10.5. The van der Waals surface area contributed by atoms with Gasteiger partial charge in [-0.25, -0.2) is 4.98 Å². The third-order valence-corrected chi connectivity index (χ3v) is 4.30. The van der Waals surface area contributed by atoms with Crippen molar-refractivity contribution in [2.24, 2.45) is 0 Å². The van der Waals surface area contributed by atoms with Crippen LogP contribution in [0.1, 0.15) is 31.4 Å². The number of aliphatic carboxylic acids is 1. The SMILES string of the molecule is C=CCCCCCSc1nc(CC(=O)O)cs1. The third-order valence-electron chi connectivity index (χ3n) is 2.14. The maximum Gasteiger partial charge on any atom is 0.309 e. The molecule has 0 aliphatic heterocycles. The van der Waals surface area contributed by atoms with E-state index >= 15 is 0 Å². The summed E-state index contributed by atoms with van der Waals surface area (Å²) in [4.78, 5) is 14.8. The number of rotatable bonds is 9. The fourth-order valence-corrected chi connectivity index (χ4v) is 3.23. The Morgan fingerprint density at radius 1 is 1.53 bits per heavy atom. The quantitative estimate of drug-likeness (QED) is 0.423. The zero-order valence-corrected chi connectivity index (χ0v) is 11.4. The van der Waals surface area contributed by atoms with Crippen molar-refractivity contribution in [3.8, 4) is 0 Å². The van der Waals surface area contributed by atoms with E-state index < -0.39 is 5.97 Å². The van der Waals surface area contributed by atoms with Crippen LogP contribution in [0.2, 0.25) is 0 Å². The average molecular weight is 271 g/mol. The molecule has 0 spiro atoms. The first-order chi connectivity index (χ1) is 8.22. The number of carboxylic acid groups (broad SMARTS) is 1. The van der Waals surface area contributed by atoms with Gasteiger partial charge in [-0.05, 0) is 19.3 Å². The van der Waals surface area contributed by atoms with E-state index in [2.05, 4.69) is 11.6 Å². The molecule has 0 unspecified atom stereocenters. The van der Waals surface area contributed by atoms with E-state index in [1.807, 2.05) is 11.5 Å². The van der Waals surface area contributed by atoms with Gasteiger partial charge in [0.25, 0.3) is 0 Å². The van der Waals surface area contributed by atoms with Gasteiger partial charge >= 0.3 is 5.97 Å². The van der Waals surface area contributed by atoms with Crippen LogP contribution in [0.15, 0.2) is 22.4 Å². The van der Waals surface area contributed by atoms with Crippen molar-refractivity contribution in [3.63, 3.8) is 0 Å². The lowest BCUT2D eigenvalue weighted by Crippen LogP contribution is -1.99. The van der Waals surface area contributed by atoms with Crippen molar-refractivity contribution in [2.75, 3.05) is 5.75 Å². The Hall–Kier alpha value is -0.810. The molecule has 17 heavy (non-hydrogen) atoms. The molecule has 0 fully saturated rings. The fraction of sp³-hybridized carbons (Fsp3) is 0.500. The molecular weight excluding hydrogens is 254 g/mol. The molecule has 0 bridgehead atoms. The number of unbranched alkanes of at least 4 members (excludes halogenated alkanes) is 3. The minimum Gasteiger partial charge on any atom is -0.481 e. The number of hydrogen-bond acceptors (Lipinski definition) is 4.